The third kappa shape index (κ3) is 1.81. The fraction of sp³-hybridized carbons (Fsp3) is 0.222. The standard InChI is InChI=1S/C9H10N6O3/c1-2-18-9(17)4-3-15-6(7(10)12-4)5(8(11)16)13-14-15/h3H,2H2,1H3,(H2,10,12)(H2,11,16). The highest BCUT2D eigenvalue weighted by Crippen LogP contribution is 2.15. The average molecular weight is 250 g/mol. The van der Waals surface area contributed by atoms with Crippen LogP contribution >= 0.6 is 0 Å². The van der Waals surface area contributed by atoms with E-state index in [1.54, 1.807) is 6.92 Å². The van der Waals surface area contributed by atoms with Crippen LogP contribution in [0.4, 0.5) is 5.82 Å². The lowest BCUT2D eigenvalue weighted by molar-refractivity contribution is 0.0518. The van der Waals surface area contributed by atoms with Crippen LogP contribution < -0.4 is 11.5 Å². The summed E-state index contributed by atoms with van der Waals surface area (Å²) in [5, 5.41) is 7.21. The summed E-state index contributed by atoms with van der Waals surface area (Å²) < 4.78 is 5.94. The van der Waals surface area contributed by atoms with E-state index in [1.165, 1.54) is 6.20 Å². The largest absolute Gasteiger partial charge is 0.461 e. The summed E-state index contributed by atoms with van der Waals surface area (Å²) in [6, 6.07) is 0. The molecule has 0 aliphatic rings. The summed E-state index contributed by atoms with van der Waals surface area (Å²) in [7, 11) is 0. The second-order valence-electron chi connectivity index (χ2n) is 3.33. The summed E-state index contributed by atoms with van der Waals surface area (Å²) in [6.45, 7) is 1.88. The molecule has 0 aliphatic carbocycles. The maximum atomic E-state index is 11.5. The molecule has 4 N–H and O–H groups in total. The summed E-state index contributed by atoms with van der Waals surface area (Å²) in [4.78, 5) is 26.4. The van der Waals surface area contributed by atoms with E-state index in [-0.39, 0.29) is 29.3 Å². The highest BCUT2D eigenvalue weighted by atomic mass is 16.5. The Hall–Kier alpha value is -2.71. The number of carbonyl (C=O) groups is 2. The predicted molar refractivity (Wildman–Crippen MR) is 59.7 cm³/mol. The molecule has 0 spiro atoms. The lowest BCUT2D eigenvalue weighted by Gasteiger charge is -2.03. The first-order chi connectivity index (χ1) is 8.54. The summed E-state index contributed by atoms with van der Waals surface area (Å²) >= 11 is 0. The smallest absolute Gasteiger partial charge is 0.358 e. The normalized spacial score (nSPS) is 10.5. The van der Waals surface area contributed by atoms with Crippen molar-refractivity contribution >= 4 is 23.2 Å². The lowest BCUT2D eigenvalue weighted by Crippen LogP contribution is -2.14. The number of rotatable bonds is 3. The van der Waals surface area contributed by atoms with Crippen molar-refractivity contribution in [3.05, 3.63) is 17.6 Å². The van der Waals surface area contributed by atoms with E-state index < -0.39 is 11.9 Å². The van der Waals surface area contributed by atoms with Crippen molar-refractivity contribution < 1.29 is 14.3 Å². The Morgan fingerprint density at radius 2 is 2.22 bits per heavy atom. The molecule has 2 aromatic heterocycles. The van der Waals surface area contributed by atoms with Crippen LogP contribution in [0.5, 0.6) is 0 Å². The van der Waals surface area contributed by atoms with Gasteiger partial charge in [-0.1, -0.05) is 5.21 Å². The molecule has 0 radical (unpaired) electrons. The zero-order chi connectivity index (χ0) is 13.3. The third-order valence-corrected chi connectivity index (χ3v) is 2.14. The average Bonchev–Trinajstić information content (AvgIpc) is 2.73. The van der Waals surface area contributed by atoms with E-state index in [0.717, 1.165) is 4.52 Å². The number of ether oxygens (including phenoxy) is 1. The molecule has 0 aromatic carbocycles. The van der Waals surface area contributed by atoms with Gasteiger partial charge in [-0.15, -0.1) is 5.10 Å². The Bertz CT molecular complexity index is 635. The van der Waals surface area contributed by atoms with Gasteiger partial charge in [0.1, 0.15) is 5.52 Å². The Kier molecular flexibility index (Phi) is 2.80. The quantitative estimate of drug-likeness (QED) is 0.664. The van der Waals surface area contributed by atoms with Crippen LogP contribution in [-0.2, 0) is 4.74 Å². The number of nitrogens with zero attached hydrogens (tertiary/aromatic N) is 4. The van der Waals surface area contributed by atoms with Gasteiger partial charge in [-0.2, -0.15) is 0 Å². The van der Waals surface area contributed by atoms with Gasteiger partial charge in [-0.25, -0.2) is 14.3 Å². The highest BCUT2D eigenvalue weighted by Gasteiger charge is 2.19. The minimum Gasteiger partial charge on any atom is -0.461 e. The molecule has 9 heteroatoms. The second-order valence-corrected chi connectivity index (χ2v) is 3.33. The number of amides is 1. The van der Waals surface area contributed by atoms with Crippen LogP contribution in [0.1, 0.15) is 27.9 Å². The van der Waals surface area contributed by atoms with E-state index in [2.05, 4.69) is 15.3 Å². The molecule has 0 saturated carbocycles. The van der Waals surface area contributed by atoms with E-state index in [1.807, 2.05) is 0 Å². The molecule has 0 fully saturated rings. The van der Waals surface area contributed by atoms with E-state index in [9.17, 15) is 9.59 Å². The SMILES string of the molecule is CCOC(=O)c1cn2nnc(C(N)=O)c2c(N)n1. The molecule has 18 heavy (non-hydrogen) atoms. The molecule has 0 unspecified atom stereocenters. The van der Waals surface area contributed by atoms with Crippen molar-refractivity contribution in [2.24, 2.45) is 5.73 Å². The molecule has 0 aliphatic heterocycles. The van der Waals surface area contributed by atoms with Gasteiger partial charge in [0.15, 0.2) is 17.2 Å². The Labute approximate surface area is 101 Å². The Morgan fingerprint density at radius 3 is 2.83 bits per heavy atom. The first-order valence-corrected chi connectivity index (χ1v) is 5.03. The number of primary amides is 1. The van der Waals surface area contributed by atoms with Gasteiger partial charge in [-0.05, 0) is 6.92 Å². The number of anilines is 1. The topological polar surface area (TPSA) is 138 Å². The minimum atomic E-state index is -0.776. The number of aromatic nitrogens is 4. The molecule has 0 atom stereocenters. The molecule has 1 amide bonds. The molecule has 0 bridgehead atoms. The molecule has 2 rings (SSSR count). The van der Waals surface area contributed by atoms with Gasteiger partial charge in [0.05, 0.1) is 12.8 Å². The second kappa shape index (κ2) is 4.28. The third-order valence-electron chi connectivity index (χ3n) is 2.14. The van der Waals surface area contributed by atoms with Crippen molar-refractivity contribution in [3.63, 3.8) is 0 Å². The van der Waals surface area contributed by atoms with Gasteiger partial charge in [0.25, 0.3) is 5.91 Å². The summed E-state index contributed by atoms with van der Waals surface area (Å²) in [5.74, 6) is -1.48. The molecule has 2 aromatic rings. The maximum absolute atomic E-state index is 11.5. The monoisotopic (exact) mass is 250 g/mol. The van der Waals surface area contributed by atoms with Gasteiger partial charge in [0.2, 0.25) is 0 Å². The Morgan fingerprint density at radius 1 is 1.50 bits per heavy atom. The van der Waals surface area contributed by atoms with Crippen LogP contribution in [0.2, 0.25) is 0 Å². The van der Waals surface area contributed by atoms with Crippen molar-refractivity contribution in [3.8, 4) is 0 Å². The maximum Gasteiger partial charge on any atom is 0.358 e. The van der Waals surface area contributed by atoms with Crippen molar-refractivity contribution in [1.29, 1.82) is 0 Å². The number of nitrogens with two attached hydrogens (primary N) is 2. The first-order valence-electron chi connectivity index (χ1n) is 5.03. The molecular formula is C9H10N6O3. The summed E-state index contributed by atoms with van der Waals surface area (Å²) in [6.07, 6.45) is 1.27. The fourth-order valence-corrected chi connectivity index (χ4v) is 1.42. The molecule has 2 heterocycles. The van der Waals surface area contributed by atoms with Crippen LogP contribution in [-0.4, -0.2) is 38.3 Å². The molecule has 94 valence electrons. The number of nitrogen functional groups attached to an aromatic ring is 1. The van der Waals surface area contributed by atoms with Gasteiger partial charge < -0.3 is 16.2 Å². The first kappa shape index (κ1) is 11.8. The minimum absolute atomic E-state index is 0.0252. The van der Waals surface area contributed by atoms with Crippen molar-refractivity contribution in [1.82, 2.24) is 19.8 Å². The molecular weight excluding hydrogens is 240 g/mol. The van der Waals surface area contributed by atoms with Crippen LogP contribution in [0.25, 0.3) is 5.52 Å². The molecule has 0 saturated heterocycles. The van der Waals surface area contributed by atoms with Gasteiger partial charge >= 0.3 is 5.97 Å². The zero-order valence-electron chi connectivity index (χ0n) is 9.45. The van der Waals surface area contributed by atoms with E-state index >= 15 is 0 Å². The number of esters is 1. The van der Waals surface area contributed by atoms with E-state index in [4.69, 9.17) is 16.2 Å². The number of hydrogen-bond donors (Lipinski definition) is 2. The Balaban J connectivity index is 2.58. The van der Waals surface area contributed by atoms with Crippen LogP contribution in [0, 0.1) is 0 Å². The van der Waals surface area contributed by atoms with Gasteiger partial charge in [0, 0.05) is 0 Å². The highest BCUT2D eigenvalue weighted by molar-refractivity contribution is 6.00. The summed E-state index contributed by atoms with van der Waals surface area (Å²) in [5.41, 5.74) is 10.8. The number of fused-ring (bicyclic) bond motifs is 1. The van der Waals surface area contributed by atoms with Crippen LogP contribution in [0.15, 0.2) is 6.20 Å². The number of hydrogen-bond acceptors (Lipinski definition) is 7. The van der Waals surface area contributed by atoms with Crippen LogP contribution in [0.3, 0.4) is 0 Å². The fourth-order valence-electron chi connectivity index (χ4n) is 1.42. The van der Waals surface area contributed by atoms with Crippen molar-refractivity contribution in [2.45, 2.75) is 6.92 Å². The lowest BCUT2D eigenvalue weighted by atomic mass is 10.3. The zero-order valence-corrected chi connectivity index (χ0v) is 9.45. The molecule has 9 nitrogen and oxygen atoms in total. The predicted octanol–water partition coefficient (Wildman–Crippen LogP) is -1.02. The number of carbonyl (C=O) groups excluding carboxylic acids is 2. The van der Waals surface area contributed by atoms with Crippen molar-refractivity contribution in [2.75, 3.05) is 12.3 Å². The van der Waals surface area contributed by atoms with Gasteiger partial charge in [-0.3, -0.25) is 4.79 Å². The van der Waals surface area contributed by atoms with E-state index in [0.29, 0.717) is 0 Å².